The Balaban J connectivity index is 0.00000242. The van der Waals surface area contributed by atoms with Crippen LogP contribution in [0.1, 0.15) is 20.8 Å². The van der Waals surface area contributed by atoms with Crippen molar-refractivity contribution in [3.05, 3.63) is 24.3 Å². The van der Waals surface area contributed by atoms with Gasteiger partial charge in [-0.25, -0.2) is 0 Å². The number of carbonyl (C=O) groups excluding carboxylic acids is 1. The quantitative estimate of drug-likeness (QED) is 0.678. The molecule has 0 fully saturated rings. The molecule has 22 heavy (non-hydrogen) atoms. The SMILES string of the molecule is CC(C)(C)C(=O)Oc1ccc(-c2nnn(CCN)n2)cc1.Cl. The predicted molar refractivity (Wildman–Crippen MR) is 84.6 cm³/mol. The Morgan fingerprint density at radius 3 is 2.45 bits per heavy atom. The van der Waals surface area contributed by atoms with Crippen molar-refractivity contribution in [2.45, 2.75) is 27.3 Å². The zero-order valence-corrected chi connectivity index (χ0v) is 13.6. The topological polar surface area (TPSA) is 95.9 Å². The van der Waals surface area contributed by atoms with Crippen LogP contribution in [0.25, 0.3) is 11.4 Å². The average molecular weight is 326 g/mol. The molecule has 1 aromatic heterocycles. The normalized spacial score (nSPS) is 10.9. The van der Waals surface area contributed by atoms with Crippen LogP contribution in [0, 0.1) is 5.41 Å². The van der Waals surface area contributed by atoms with E-state index in [1.54, 1.807) is 24.3 Å². The lowest BCUT2D eigenvalue weighted by Crippen LogP contribution is -2.25. The average Bonchev–Trinajstić information content (AvgIpc) is 2.87. The van der Waals surface area contributed by atoms with Gasteiger partial charge in [-0.2, -0.15) is 4.80 Å². The molecule has 0 saturated heterocycles. The fourth-order valence-electron chi connectivity index (χ4n) is 1.50. The molecule has 1 aromatic carbocycles. The number of nitrogens with zero attached hydrogens (tertiary/aromatic N) is 4. The Bertz CT molecular complexity index is 619. The Kier molecular flexibility index (Phi) is 6.01. The van der Waals surface area contributed by atoms with Crippen molar-refractivity contribution in [1.29, 1.82) is 0 Å². The van der Waals surface area contributed by atoms with Gasteiger partial charge in [0.25, 0.3) is 0 Å². The van der Waals surface area contributed by atoms with Gasteiger partial charge in [-0.05, 0) is 50.3 Å². The van der Waals surface area contributed by atoms with E-state index in [9.17, 15) is 4.79 Å². The fourth-order valence-corrected chi connectivity index (χ4v) is 1.50. The number of hydrogen-bond donors (Lipinski definition) is 1. The van der Waals surface area contributed by atoms with Gasteiger partial charge in [0.15, 0.2) is 0 Å². The molecule has 120 valence electrons. The molecule has 7 nitrogen and oxygen atoms in total. The zero-order chi connectivity index (χ0) is 15.5. The molecule has 0 amide bonds. The third-order valence-corrected chi connectivity index (χ3v) is 2.72. The first-order chi connectivity index (χ1) is 9.90. The van der Waals surface area contributed by atoms with Gasteiger partial charge in [0.05, 0.1) is 12.0 Å². The van der Waals surface area contributed by atoms with Gasteiger partial charge in [-0.15, -0.1) is 22.6 Å². The highest BCUT2D eigenvalue weighted by Crippen LogP contribution is 2.22. The Morgan fingerprint density at radius 1 is 1.27 bits per heavy atom. The molecule has 2 N–H and O–H groups in total. The molecule has 0 unspecified atom stereocenters. The van der Waals surface area contributed by atoms with Crippen molar-refractivity contribution in [3.8, 4) is 17.1 Å². The Labute approximate surface area is 135 Å². The van der Waals surface area contributed by atoms with Crippen molar-refractivity contribution in [3.63, 3.8) is 0 Å². The van der Waals surface area contributed by atoms with E-state index in [1.165, 1.54) is 4.80 Å². The van der Waals surface area contributed by atoms with Gasteiger partial charge in [-0.1, -0.05) is 0 Å². The van der Waals surface area contributed by atoms with Gasteiger partial charge in [0, 0.05) is 12.1 Å². The number of carbonyl (C=O) groups is 1. The number of halogens is 1. The zero-order valence-electron chi connectivity index (χ0n) is 12.8. The van der Waals surface area contributed by atoms with Crippen LogP contribution >= 0.6 is 12.4 Å². The second kappa shape index (κ2) is 7.33. The molecule has 2 rings (SSSR count). The van der Waals surface area contributed by atoms with Crippen LogP contribution in [0.4, 0.5) is 0 Å². The summed E-state index contributed by atoms with van der Waals surface area (Å²) in [6.45, 7) is 6.40. The van der Waals surface area contributed by atoms with Gasteiger partial charge in [-0.3, -0.25) is 4.79 Å². The van der Waals surface area contributed by atoms with Gasteiger partial charge >= 0.3 is 5.97 Å². The van der Waals surface area contributed by atoms with E-state index >= 15 is 0 Å². The standard InChI is InChI=1S/C14H19N5O2.ClH/c1-14(2,3)13(20)21-11-6-4-10(5-7-11)12-16-18-19(17-12)9-8-15;/h4-7H,8-9,15H2,1-3H3;1H. The van der Waals surface area contributed by atoms with E-state index in [1.807, 2.05) is 20.8 Å². The lowest BCUT2D eigenvalue weighted by molar-refractivity contribution is -0.142. The minimum Gasteiger partial charge on any atom is -0.426 e. The first-order valence-corrected chi connectivity index (χ1v) is 6.71. The van der Waals surface area contributed by atoms with Gasteiger partial charge in [0.1, 0.15) is 5.75 Å². The van der Waals surface area contributed by atoms with E-state index in [0.717, 1.165) is 5.56 Å². The molecule has 1 heterocycles. The second-order valence-corrected chi connectivity index (χ2v) is 5.66. The summed E-state index contributed by atoms with van der Waals surface area (Å²) in [4.78, 5) is 13.2. The molecule has 0 aliphatic carbocycles. The first-order valence-electron chi connectivity index (χ1n) is 6.71. The summed E-state index contributed by atoms with van der Waals surface area (Å²) in [5, 5.41) is 12.1. The largest absolute Gasteiger partial charge is 0.426 e. The Morgan fingerprint density at radius 2 is 1.91 bits per heavy atom. The van der Waals surface area contributed by atoms with Crippen LogP contribution in [0.2, 0.25) is 0 Å². The van der Waals surface area contributed by atoms with Gasteiger partial charge < -0.3 is 10.5 Å². The summed E-state index contributed by atoms with van der Waals surface area (Å²) < 4.78 is 5.30. The van der Waals surface area contributed by atoms with Crippen molar-refractivity contribution in [2.75, 3.05) is 6.54 Å². The van der Waals surface area contributed by atoms with Gasteiger partial charge in [0.2, 0.25) is 5.82 Å². The molecule has 0 aliphatic rings. The summed E-state index contributed by atoms with van der Waals surface area (Å²) in [5.74, 6) is 0.729. The second-order valence-electron chi connectivity index (χ2n) is 5.66. The number of benzene rings is 1. The summed E-state index contributed by atoms with van der Waals surface area (Å²) in [6, 6.07) is 7.00. The van der Waals surface area contributed by atoms with Crippen LogP contribution in [-0.4, -0.2) is 32.7 Å². The molecular weight excluding hydrogens is 306 g/mol. The monoisotopic (exact) mass is 325 g/mol. The van der Waals surface area contributed by atoms with Crippen LogP contribution in [0.3, 0.4) is 0 Å². The van der Waals surface area contributed by atoms with Crippen LogP contribution in [-0.2, 0) is 11.3 Å². The van der Waals surface area contributed by atoms with Crippen LogP contribution in [0.15, 0.2) is 24.3 Å². The van der Waals surface area contributed by atoms with Crippen molar-refractivity contribution < 1.29 is 9.53 Å². The van der Waals surface area contributed by atoms with E-state index < -0.39 is 5.41 Å². The predicted octanol–water partition coefficient (Wildman–Crippen LogP) is 1.67. The van der Waals surface area contributed by atoms with E-state index in [0.29, 0.717) is 24.7 Å². The minimum atomic E-state index is -0.537. The first kappa shape index (κ1) is 18.1. The lowest BCUT2D eigenvalue weighted by atomic mass is 9.97. The number of ether oxygens (including phenoxy) is 1. The van der Waals surface area contributed by atoms with Crippen molar-refractivity contribution in [1.82, 2.24) is 20.2 Å². The summed E-state index contributed by atoms with van der Waals surface area (Å²) >= 11 is 0. The highest BCUT2D eigenvalue weighted by atomic mass is 35.5. The number of esters is 1. The highest BCUT2D eigenvalue weighted by Gasteiger charge is 2.23. The smallest absolute Gasteiger partial charge is 0.316 e. The maximum Gasteiger partial charge on any atom is 0.316 e. The van der Waals surface area contributed by atoms with E-state index in [-0.39, 0.29) is 18.4 Å². The number of tetrazole rings is 1. The Hall–Kier alpha value is -1.99. The molecule has 0 saturated carbocycles. The van der Waals surface area contributed by atoms with E-state index in [2.05, 4.69) is 15.4 Å². The van der Waals surface area contributed by atoms with Crippen LogP contribution < -0.4 is 10.5 Å². The molecule has 0 aliphatic heterocycles. The third-order valence-electron chi connectivity index (χ3n) is 2.72. The molecule has 0 atom stereocenters. The number of nitrogens with two attached hydrogens (primary N) is 1. The highest BCUT2D eigenvalue weighted by molar-refractivity contribution is 5.85. The summed E-state index contributed by atoms with van der Waals surface area (Å²) in [7, 11) is 0. The lowest BCUT2D eigenvalue weighted by Gasteiger charge is -2.16. The molecule has 0 bridgehead atoms. The molecular formula is C14H20ClN5O2. The van der Waals surface area contributed by atoms with E-state index in [4.69, 9.17) is 10.5 Å². The van der Waals surface area contributed by atoms with Crippen LogP contribution in [0.5, 0.6) is 5.75 Å². The summed E-state index contributed by atoms with van der Waals surface area (Å²) in [6.07, 6.45) is 0. The molecule has 2 aromatic rings. The molecule has 0 spiro atoms. The van der Waals surface area contributed by atoms with Crippen molar-refractivity contribution in [2.24, 2.45) is 11.1 Å². The number of aromatic nitrogens is 4. The molecule has 0 radical (unpaired) electrons. The number of hydrogen-bond acceptors (Lipinski definition) is 6. The summed E-state index contributed by atoms with van der Waals surface area (Å²) in [5.41, 5.74) is 5.70. The number of rotatable bonds is 4. The van der Waals surface area contributed by atoms with Crippen molar-refractivity contribution >= 4 is 18.4 Å². The third kappa shape index (κ3) is 4.51. The minimum absolute atomic E-state index is 0. The maximum absolute atomic E-state index is 11.8. The fraction of sp³-hybridized carbons (Fsp3) is 0.429. The maximum atomic E-state index is 11.8. The molecule has 8 heteroatoms.